The standard InChI is InChI=1S/C15H13F2NO3/c16-9-3-4-10(17)11(6-9)18-14(19)12-7-1-2-8(5-7)13(12)15(20)21/h1-4,6-8,12-13H,5H2,(H,18,19)(H,20,21)/t7-,8-,12-,13-/m0/s1. The molecule has 2 aliphatic rings. The molecule has 2 N–H and O–H groups in total. The Bertz CT molecular complexity index is 644. The molecule has 0 radical (unpaired) electrons. The number of benzene rings is 1. The molecule has 0 aliphatic heterocycles. The molecule has 0 unspecified atom stereocenters. The van der Waals surface area contributed by atoms with Gasteiger partial charge in [-0.05, 0) is 30.4 Å². The summed E-state index contributed by atoms with van der Waals surface area (Å²) in [5, 5.41) is 11.6. The highest BCUT2D eigenvalue weighted by molar-refractivity contribution is 5.96. The van der Waals surface area contributed by atoms with Crippen LogP contribution in [0.25, 0.3) is 0 Å². The largest absolute Gasteiger partial charge is 0.481 e. The minimum absolute atomic E-state index is 0.160. The molecule has 1 saturated carbocycles. The highest BCUT2D eigenvalue weighted by Crippen LogP contribution is 2.48. The Morgan fingerprint density at radius 2 is 1.81 bits per heavy atom. The fourth-order valence-corrected chi connectivity index (χ4v) is 3.33. The molecule has 0 heterocycles. The van der Waals surface area contributed by atoms with Gasteiger partial charge in [-0.25, -0.2) is 8.78 Å². The van der Waals surface area contributed by atoms with Crippen molar-refractivity contribution in [3.8, 4) is 0 Å². The van der Waals surface area contributed by atoms with Crippen molar-refractivity contribution in [2.45, 2.75) is 6.42 Å². The molecule has 1 amide bonds. The monoisotopic (exact) mass is 293 g/mol. The molecule has 1 fully saturated rings. The molecular weight excluding hydrogens is 280 g/mol. The topological polar surface area (TPSA) is 66.4 Å². The van der Waals surface area contributed by atoms with Crippen LogP contribution in [0, 0.1) is 35.3 Å². The quantitative estimate of drug-likeness (QED) is 0.841. The number of rotatable bonds is 3. The number of carbonyl (C=O) groups is 2. The molecule has 4 atom stereocenters. The Morgan fingerprint density at radius 1 is 1.14 bits per heavy atom. The number of amides is 1. The van der Waals surface area contributed by atoms with E-state index < -0.39 is 35.3 Å². The van der Waals surface area contributed by atoms with E-state index in [1.165, 1.54) is 0 Å². The van der Waals surface area contributed by atoms with Gasteiger partial charge >= 0.3 is 5.97 Å². The number of carboxylic acid groups (broad SMARTS) is 1. The second kappa shape index (κ2) is 4.95. The second-order valence-electron chi connectivity index (χ2n) is 5.45. The van der Waals surface area contributed by atoms with Gasteiger partial charge in [0.2, 0.25) is 5.91 Å². The second-order valence-corrected chi connectivity index (χ2v) is 5.45. The van der Waals surface area contributed by atoms with E-state index in [2.05, 4.69) is 5.32 Å². The predicted octanol–water partition coefficient (Wildman–Crippen LogP) is 2.43. The van der Waals surface area contributed by atoms with Crippen LogP contribution in [-0.4, -0.2) is 17.0 Å². The SMILES string of the molecule is O=C(O)[C@@H]1[C@@H](C(=O)Nc2cc(F)ccc2F)[C@H]2C=C[C@H]1C2. The first-order valence-corrected chi connectivity index (χ1v) is 6.64. The number of nitrogens with one attached hydrogen (secondary N) is 1. The first-order chi connectivity index (χ1) is 9.97. The molecule has 2 bridgehead atoms. The number of hydrogen-bond donors (Lipinski definition) is 2. The van der Waals surface area contributed by atoms with E-state index in [1.807, 2.05) is 12.2 Å². The van der Waals surface area contributed by atoms with E-state index >= 15 is 0 Å². The fourth-order valence-electron chi connectivity index (χ4n) is 3.33. The van der Waals surface area contributed by atoms with Gasteiger partial charge in [0.05, 0.1) is 17.5 Å². The number of fused-ring (bicyclic) bond motifs is 2. The van der Waals surface area contributed by atoms with Crippen LogP contribution < -0.4 is 5.32 Å². The molecule has 0 saturated heterocycles. The lowest BCUT2D eigenvalue weighted by Gasteiger charge is -2.23. The normalized spacial score (nSPS) is 29.6. The van der Waals surface area contributed by atoms with E-state index in [1.54, 1.807) is 0 Å². The Morgan fingerprint density at radius 3 is 2.48 bits per heavy atom. The number of hydrogen-bond acceptors (Lipinski definition) is 2. The van der Waals surface area contributed by atoms with Crippen LogP contribution in [0.15, 0.2) is 30.4 Å². The molecule has 110 valence electrons. The molecule has 4 nitrogen and oxygen atoms in total. The van der Waals surface area contributed by atoms with Gasteiger partial charge in [0.1, 0.15) is 11.6 Å². The Labute approximate surface area is 119 Å². The van der Waals surface area contributed by atoms with Crippen LogP contribution in [0.5, 0.6) is 0 Å². The number of halogens is 2. The lowest BCUT2D eigenvalue weighted by Crippen LogP contribution is -2.36. The van der Waals surface area contributed by atoms with Crippen molar-refractivity contribution in [2.75, 3.05) is 5.32 Å². The summed E-state index contributed by atoms with van der Waals surface area (Å²) in [6, 6.07) is 2.75. The summed E-state index contributed by atoms with van der Waals surface area (Å²) in [5.41, 5.74) is -0.268. The number of aliphatic carboxylic acids is 1. The summed E-state index contributed by atoms with van der Waals surface area (Å²) in [6.07, 6.45) is 4.26. The minimum Gasteiger partial charge on any atom is -0.481 e. The summed E-state index contributed by atoms with van der Waals surface area (Å²) in [5.74, 6) is -4.93. The van der Waals surface area contributed by atoms with Gasteiger partial charge in [0.15, 0.2) is 0 Å². The van der Waals surface area contributed by atoms with Gasteiger partial charge in [0, 0.05) is 6.07 Å². The Hall–Kier alpha value is -2.24. The van der Waals surface area contributed by atoms with Crippen LogP contribution in [0.1, 0.15) is 6.42 Å². The van der Waals surface area contributed by atoms with Crippen LogP contribution >= 0.6 is 0 Å². The third-order valence-corrected chi connectivity index (χ3v) is 4.23. The molecule has 0 aromatic heterocycles. The van der Waals surface area contributed by atoms with Crippen LogP contribution in [0.4, 0.5) is 14.5 Å². The third kappa shape index (κ3) is 2.30. The number of allylic oxidation sites excluding steroid dienone is 2. The van der Waals surface area contributed by atoms with Crippen molar-refractivity contribution < 1.29 is 23.5 Å². The molecule has 1 aromatic carbocycles. The predicted molar refractivity (Wildman–Crippen MR) is 70.3 cm³/mol. The van der Waals surface area contributed by atoms with Gasteiger partial charge in [-0.1, -0.05) is 12.2 Å². The maximum atomic E-state index is 13.5. The molecule has 21 heavy (non-hydrogen) atoms. The lowest BCUT2D eigenvalue weighted by molar-refractivity contribution is -0.146. The minimum atomic E-state index is -1.04. The number of carboxylic acids is 1. The van der Waals surface area contributed by atoms with Crippen LogP contribution in [0.2, 0.25) is 0 Å². The van der Waals surface area contributed by atoms with Crippen LogP contribution in [0.3, 0.4) is 0 Å². The van der Waals surface area contributed by atoms with Gasteiger partial charge in [-0.3, -0.25) is 9.59 Å². The Kier molecular flexibility index (Phi) is 3.23. The average Bonchev–Trinajstić information content (AvgIpc) is 3.03. The molecule has 2 aliphatic carbocycles. The van der Waals surface area contributed by atoms with Gasteiger partial charge < -0.3 is 10.4 Å². The van der Waals surface area contributed by atoms with Crippen molar-refractivity contribution in [1.82, 2.24) is 0 Å². The molecule has 6 heteroatoms. The number of carbonyl (C=O) groups excluding carboxylic acids is 1. The highest BCUT2D eigenvalue weighted by atomic mass is 19.1. The first-order valence-electron chi connectivity index (χ1n) is 6.64. The summed E-state index contributed by atoms with van der Waals surface area (Å²) in [6.45, 7) is 0. The van der Waals surface area contributed by atoms with E-state index in [9.17, 15) is 23.5 Å². The highest BCUT2D eigenvalue weighted by Gasteiger charge is 2.51. The maximum absolute atomic E-state index is 13.5. The molecular formula is C15H13F2NO3. The first kappa shape index (κ1) is 13.7. The van der Waals surface area contributed by atoms with E-state index in [4.69, 9.17) is 0 Å². The molecule has 3 rings (SSSR count). The smallest absolute Gasteiger partial charge is 0.307 e. The summed E-state index contributed by atoms with van der Waals surface area (Å²) in [7, 11) is 0. The van der Waals surface area contributed by atoms with Gasteiger partial charge in [-0.15, -0.1) is 0 Å². The zero-order chi connectivity index (χ0) is 15.1. The maximum Gasteiger partial charge on any atom is 0.307 e. The zero-order valence-corrected chi connectivity index (χ0v) is 10.9. The van der Waals surface area contributed by atoms with E-state index in [-0.39, 0.29) is 17.5 Å². The summed E-state index contributed by atoms with van der Waals surface area (Å²) in [4.78, 5) is 23.6. The van der Waals surface area contributed by atoms with Crippen molar-refractivity contribution in [3.63, 3.8) is 0 Å². The fraction of sp³-hybridized carbons (Fsp3) is 0.333. The molecule has 0 spiro atoms. The summed E-state index contributed by atoms with van der Waals surface area (Å²) < 4.78 is 26.7. The van der Waals surface area contributed by atoms with E-state index in [0.717, 1.165) is 18.2 Å². The lowest BCUT2D eigenvalue weighted by atomic mass is 9.82. The van der Waals surface area contributed by atoms with Crippen molar-refractivity contribution in [1.29, 1.82) is 0 Å². The van der Waals surface area contributed by atoms with Gasteiger partial charge in [0.25, 0.3) is 0 Å². The van der Waals surface area contributed by atoms with E-state index in [0.29, 0.717) is 6.42 Å². The summed E-state index contributed by atoms with van der Waals surface area (Å²) >= 11 is 0. The van der Waals surface area contributed by atoms with Gasteiger partial charge in [-0.2, -0.15) is 0 Å². The zero-order valence-electron chi connectivity index (χ0n) is 10.9. The van der Waals surface area contributed by atoms with Crippen molar-refractivity contribution in [3.05, 3.63) is 42.0 Å². The average molecular weight is 293 g/mol. The number of anilines is 1. The van der Waals surface area contributed by atoms with Crippen molar-refractivity contribution in [2.24, 2.45) is 23.7 Å². The van der Waals surface area contributed by atoms with Crippen LogP contribution in [-0.2, 0) is 9.59 Å². The third-order valence-electron chi connectivity index (χ3n) is 4.23. The Balaban J connectivity index is 1.83. The van der Waals surface area contributed by atoms with Crippen molar-refractivity contribution >= 4 is 17.6 Å². The molecule has 1 aromatic rings.